The quantitative estimate of drug-likeness (QED) is 0.637. The molecule has 6 nitrogen and oxygen atoms in total. The molecule has 0 bridgehead atoms. The van der Waals surface area contributed by atoms with Crippen molar-refractivity contribution in [1.82, 2.24) is 4.98 Å². The first-order valence-electron chi connectivity index (χ1n) is 8.80. The van der Waals surface area contributed by atoms with Crippen molar-refractivity contribution in [1.29, 1.82) is 5.41 Å². The number of carbonyl (C=O) groups is 1. The molecule has 1 aromatic carbocycles. The molecule has 26 heavy (non-hydrogen) atoms. The second-order valence-electron chi connectivity index (χ2n) is 6.84. The lowest BCUT2D eigenvalue weighted by Gasteiger charge is -2.21. The molecule has 1 saturated heterocycles. The van der Waals surface area contributed by atoms with Crippen molar-refractivity contribution in [3.8, 4) is 5.75 Å². The summed E-state index contributed by atoms with van der Waals surface area (Å²) >= 11 is 0. The third kappa shape index (κ3) is 3.54. The van der Waals surface area contributed by atoms with E-state index in [-0.39, 0.29) is 23.8 Å². The number of anilines is 2. The molecule has 1 unspecified atom stereocenters. The van der Waals surface area contributed by atoms with Crippen LogP contribution >= 0.6 is 0 Å². The van der Waals surface area contributed by atoms with E-state index in [9.17, 15) is 4.79 Å². The van der Waals surface area contributed by atoms with Gasteiger partial charge in [-0.2, -0.15) is 0 Å². The molecule has 0 spiro atoms. The standard InChI is InChI=1S/C20H24N4O2/c1-12(2)26-15-5-6-17(21)16(11-15)20(22)14-8-9-23-18(10-14)24-13(3)4-7-19(24)25/h5-6,8-13,22H,4,7,21H2,1-3H3. The van der Waals surface area contributed by atoms with Gasteiger partial charge in [0.1, 0.15) is 11.6 Å². The van der Waals surface area contributed by atoms with Crippen molar-refractivity contribution in [2.45, 2.75) is 45.8 Å². The zero-order valence-electron chi connectivity index (χ0n) is 15.3. The molecule has 1 aromatic heterocycles. The average Bonchev–Trinajstić information content (AvgIpc) is 2.94. The number of carbonyl (C=O) groups excluding carboxylic acids is 1. The van der Waals surface area contributed by atoms with Crippen LogP contribution in [0.5, 0.6) is 5.75 Å². The lowest BCUT2D eigenvalue weighted by atomic mass is 10.0. The number of nitrogen functional groups attached to an aromatic ring is 1. The molecule has 3 N–H and O–H groups in total. The van der Waals surface area contributed by atoms with E-state index < -0.39 is 0 Å². The molecule has 0 radical (unpaired) electrons. The van der Waals surface area contributed by atoms with Gasteiger partial charge >= 0.3 is 0 Å². The number of hydrogen-bond acceptors (Lipinski definition) is 5. The van der Waals surface area contributed by atoms with Gasteiger partial charge in [-0.1, -0.05) is 0 Å². The molecule has 1 amide bonds. The maximum absolute atomic E-state index is 12.1. The Kier molecular flexibility index (Phi) is 4.93. The maximum atomic E-state index is 12.1. The van der Waals surface area contributed by atoms with E-state index in [0.717, 1.165) is 6.42 Å². The van der Waals surface area contributed by atoms with Gasteiger partial charge in [0.05, 0.1) is 11.8 Å². The smallest absolute Gasteiger partial charge is 0.228 e. The number of nitrogens with two attached hydrogens (primary N) is 1. The van der Waals surface area contributed by atoms with Crippen LogP contribution in [0, 0.1) is 5.41 Å². The summed E-state index contributed by atoms with van der Waals surface area (Å²) in [6.07, 6.45) is 3.02. The molecule has 1 aliphatic heterocycles. The minimum atomic E-state index is 0.0378. The van der Waals surface area contributed by atoms with Gasteiger partial charge in [-0.05, 0) is 57.5 Å². The van der Waals surface area contributed by atoms with Crippen LogP contribution in [0.25, 0.3) is 0 Å². The van der Waals surface area contributed by atoms with Gasteiger partial charge in [-0.25, -0.2) is 4.98 Å². The second-order valence-corrected chi connectivity index (χ2v) is 6.84. The van der Waals surface area contributed by atoms with Crippen molar-refractivity contribution in [2.24, 2.45) is 0 Å². The fourth-order valence-electron chi connectivity index (χ4n) is 3.14. The Balaban J connectivity index is 1.93. The Morgan fingerprint density at radius 1 is 1.35 bits per heavy atom. The van der Waals surface area contributed by atoms with Crippen LogP contribution < -0.4 is 15.4 Å². The van der Waals surface area contributed by atoms with Crippen LogP contribution in [0.3, 0.4) is 0 Å². The highest BCUT2D eigenvalue weighted by Gasteiger charge is 2.30. The van der Waals surface area contributed by atoms with Crippen molar-refractivity contribution in [3.63, 3.8) is 0 Å². The number of pyridine rings is 1. The summed E-state index contributed by atoms with van der Waals surface area (Å²) in [6, 6.07) is 8.97. The topological polar surface area (TPSA) is 92.3 Å². The van der Waals surface area contributed by atoms with Crippen LogP contribution in [-0.2, 0) is 4.79 Å². The Morgan fingerprint density at radius 2 is 2.12 bits per heavy atom. The molecule has 136 valence electrons. The van der Waals surface area contributed by atoms with E-state index in [1.165, 1.54) is 0 Å². The van der Waals surface area contributed by atoms with Gasteiger partial charge in [0.2, 0.25) is 5.91 Å². The highest BCUT2D eigenvalue weighted by molar-refractivity contribution is 6.14. The second kappa shape index (κ2) is 7.15. The monoisotopic (exact) mass is 352 g/mol. The molecule has 2 aromatic rings. The number of ether oxygens (including phenoxy) is 1. The molecule has 2 heterocycles. The lowest BCUT2D eigenvalue weighted by molar-refractivity contribution is -0.117. The number of nitrogens with one attached hydrogen (secondary N) is 1. The molecule has 1 aliphatic rings. The summed E-state index contributed by atoms with van der Waals surface area (Å²) in [7, 11) is 0. The van der Waals surface area contributed by atoms with Crippen molar-refractivity contribution >= 4 is 23.1 Å². The van der Waals surface area contributed by atoms with Gasteiger partial charge < -0.3 is 10.5 Å². The molecule has 3 rings (SSSR count). The normalized spacial score (nSPS) is 17.0. The highest BCUT2D eigenvalue weighted by atomic mass is 16.5. The molecular weight excluding hydrogens is 328 g/mol. The molecule has 6 heteroatoms. The summed E-state index contributed by atoms with van der Waals surface area (Å²) in [6.45, 7) is 5.91. The largest absolute Gasteiger partial charge is 0.491 e. The first kappa shape index (κ1) is 17.9. The van der Waals surface area contributed by atoms with E-state index in [4.69, 9.17) is 15.9 Å². The minimum Gasteiger partial charge on any atom is -0.491 e. The third-order valence-electron chi connectivity index (χ3n) is 4.43. The fraction of sp³-hybridized carbons (Fsp3) is 0.350. The average molecular weight is 352 g/mol. The highest BCUT2D eigenvalue weighted by Crippen LogP contribution is 2.27. The number of nitrogens with zero attached hydrogens (tertiary/aromatic N) is 2. The SMILES string of the molecule is CC(C)Oc1ccc(N)c(C(=N)c2ccnc(N3C(=O)CCC3C)c2)c1. The lowest BCUT2D eigenvalue weighted by Crippen LogP contribution is -2.31. The molecular formula is C20H24N4O2. The Hall–Kier alpha value is -2.89. The van der Waals surface area contributed by atoms with Crippen molar-refractivity contribution < 1.29 is 9.53 Å². The van der Waals surface area contributed by atoms with E-state index in [1.54, 1.807) is 41.4 Å². The van der Waals surface area contributed by atoms with E-state index in [0.29, 0.717) is 34.8 Å². The molecule has 1 atom stereocenters. The van der Waals surface area contributed by atoms with Crippen LogP contribution in [0.15, 0.2) is 36.5 Å². The summed E-state index contributed by atoms with van der Waals surface area (Å²) in [5.74, 6) is 1.32. The van der Waals surface area contributed by atoms with Crippen LogP contribution in [-0.4, -0.2) is 28.7 Å². The molecule has 0 aliphatic carbocycles. The number of hydrogen-bond donors (Lipinski definition) is 2. The summed E-state index contributed by atoms with van der Waals surface area (Å²) in [5.41, 5.74) is 8.13. The maximum Gasteiger partial charge on any atom is 0.228 e. The zero-order valence-corrected chi connectivity index (χ0v) is 15.3. The Morgan fingerprint density at radius 3 is 2.77 bits per heavy atom. The summed E-state index contributed by atoms with van der Waals surface area (Å²) in [5, 5.41) is 8.59. The molecule has 1 fully saturated rings. The summed E-state index contributed by atoms with van der Waals surface area (Å²) in [4.78, 5) is 18.2. The van der Waals surface area contributed by atoms with E-state index >= 15 is 0 Å². The first-order chi connectivity index (χ1) is 12.4. The number of aromatic nitrogens is 1. The van der Waals surface area contributed by atoms with Gasteiger partial charge in [0.25, 0.3) is 0 Å². The number of amides is 1. The predicted octanol–water partition coefficient (Wildman–Crippen LogP) is 3.38. The van der Waals surface area contributed by atoms with Gasteiger partial charge in [0.15, 0.2) is 0 Å². The van der Waals surface area contributed by atoms with Crippen LogP contribution in [0.1, 0.15) is 44.7 Å². The van der Waals surface area contributed by atoms with Crippen molar-refractivity contribution in [2.75, 3.05) is 10.6 Å². The van der Waals surface area contributed by atoms with Gasteiger partial charge in [-0.15, -0.1) is 0 Å². The van der Waals surface area contributed by atoms with Crippen LogP contribution in [0.4, 0.5) is 11.5 Å². The number of rotatable bonds is 5. The van der Waals surface area contributed by atoms with E-state index in [2.05, 4.69) is 4.98 Å². The molecule has 0 saturated carbocycles. The van der Waals surface area contributed by atoms with Crippen molar-refractivity contribution in [3.05, 3.63) is 47.7 Å². The first-order valence-corrected chi connectivity index (χ1v) is 8.80. The zero-order chi connectivity index (χ0) is 18.8. The summed E-state index contributed by atoms with van der Waals surface area (Å²) < 4.78 is 5.71. The Bertz CT molecular complexity index is 847. The minimum absolute atomic E-state index is 0.0378. The Labute approximate surface area is 153 Å². The third-order valence-corrected chi connectivity index (χ3v) is 4.43. The van der Waals surface area contributed by atoms with Crippen LogP contribution in [0.2, 0.25) is 0 Å². The van der Waals surface area contributed by atoms with Gasteiger partial charge in [0, 0.05) is 35.5 Å². The van der Waals surface area contributed by atoms with Gasteiger partial charge in [-0.3, -0.25) is 15.1 Å². The van der Waals surface area contributed by atoms with E-state index in [1.807, 2.05) is 20.8 Å². The predicted molar refractivity (Wildman–Crippen MR) is 103 cm³/mol. The number of benzene rings is 1. The fourth-order valence-corrected chi connectivity index (χ4v) is 3.14.